The first-order chi connectivity index (χ1) is 8.16. The number of rotatable bonds is 2. The van der Waals surface area contributed by atoms with E-state index in [1.165, 1.54) is 25.0 Å². The van der Waals surface area contributed by atoms with Crippen molar-refractivity contribution in [2.24, 2.45) is 7.05 Å². The number of aryl methyl sites for hydroxylation is 1. The molecule has 1 aromatic heterocycles. The predicted molar refractivity (Wildman–Crippen MR) is 67.3 cm³/mol. The summed E-state index contributed by atoms with van der Waals surface area (Å²) < 4.78 is 1.92. The van der Waals surface area contributed by atoms with Gasteiger partial charge in [-0.2, -0.15) is 5.10 Å². The quantitative estimate of drug-likeness (QED) is 0.740. The zero-order chi connectivity index (χ0) is 12.0. The first-order valence-corrected chi connectivity index (χ1v) is 6.14. The highest BCUT2D eigenvalue weighted by molar-refractivity contribution is 5.98. The fourth-order valence-electron chi connectivity index (χ4n) is 2.49. The first-order valence-electron chi connectivity index (χ1n) is 6.14. The molecule has 0 radical (unpaired) electrons. The second-order valence-electron chi connectivity index (χ2n) is 4.92. The minimum atomic E-state index is 0.121. The molecular weight excluding hydrogens is 212 g/mol. The molecule has 0 N–H and O–H groups in total. The Kier molecular flexibility index (Phi) is 2.28. The first kappa shape index (κ1) is 10.5. The van der Waals surface area contributed by atoms with Gasteiger partial charge in [0.2, 0.25) is 0 Å². The van der Waals surface area contributed by atoms with Crippen LogP contribution in [-0.2, 0) is 7.05 Å². The second-order valence-corrected chi connectivity index (χ2v) is 4.92. The average molecular weight is 228 g/mol. The maximum Gasteiger partial charge on any atom is 0.159 e. The van der Waals surface area contributed by atoms with Gasteiger partial charge in [-0.1, -0.05) is 6.42 Å². The van der Waals surface area contributed by atoms with Crippen LogP contribution in [0.25, 0.3) is 10.9 Å². The summed E-state index contributed by atoms with van der Waals surface area (Å²) in [6, 6.07) is 5.89. The summed E-state index contributed by atoms with van der Waals surface area (Å²) in [5.74, 6) is 0.719. The number of carbonyl (C=O) groups excluding carboxylic acids is 1. The third-order valence-electron chi connectivity index (χ3n) is 3.78. The molecule has 0 saturated heterocycles. The standard InChI is InChI=1S/C14H16N2O/c1-9(17)11-6-7-13-12(8-11)14(15-16(13)2)10-4-3-5-10/h6-8,10H,3-5H2,1-2H3. The third-order valence-corrected chi connectivity index (χ3v) is 3.78. The molecule has 0 bridgehead atoms. The number of hydrogen-bond acceptors (Lipinski definition) is 2. The fourth-order valence-corrected chi connectivity index (χ4v) is 2.49. The Morgan fingerprint density at radius 2 is 2.18 bits per heavy atom. The minimum absolute atomic E-state index is 0.121. The van der Waals surface area contributed by atoms with Gasteiger partial charge in [-0.3, -0.25) is 9.48 Å². The van der Waals surface area contributed by atoms with Gasteiger partial charge in [-0.25, -0.2) is 0 Å². The molecule has 1 fully saturated rings. The number of ketones is 1. The molecule has 0 aliphatic heterocycles. The van der Waals surface area contributed by atoms with Crippen molar-refractivity contribution < 1.29 is 4.79 Å². The molecule has 0 unspecified atom stereocenters. The number of nitrogens with zero attached hydrogens (tertiary/aromatic N) is 2. The van der Waals surface area contributed by atoms with Crippen LogP contribution in [0.2, 0.25) is 0 Å². The molecule has 17 heavy (non-hydrogen) atoms. The van der Waals surface area contributed by atoms with E-state index in [4.69, 9.17) is 0 Å². The zero-order valence-corrected chi connectivity index (χ0v) is 10.2. The Morgan fingerprint density at radius 1 is 1.41 bits per heavy atom. The normalized spacial score (nSPS) is 16.1. The summed E-state index contributed by atoms with van der Waals surface area (Å²) in [5, 5.41) is 5.77. The van der Waals surface area contributed by atoms with Gasteiger partial charge >= 0.3 is 0 Å². The maximum absolute atomic E-state index is 11.4. The van der Waals surface area contributed by atoms with Gasteiger partial charge in [0.05, 0.1) is 11.2 Å². The van der Waals surface area contributed by atoms with Crippen LogP contribution in [0.4, 0.5) is 0 Å². The highest BCUT2D eigenvalue weighted by Gasteiger charge is 2.25. The minimum Gasteiger partial charge on any atom is -0.295 e. The van der Waals surface area contributed by atoms with Gasteiger partial charge in [-0.05, 0) is 38.0 Å². The molecule has 1 aromatic carbocycles. The van der Waals surface area contributed by atoms with Crippen molar-refractivity contribution in [2.75, 3.05) is 0 Å². The molecule has 88 valence electrons. The summed E-state index contributed by atoms with van der Waals surface area (Å²) in [7, 11) is 1.97. The van der Waals surface area contributed by atoms with Crippen molar-refractivity contribution in [3.63, 3.8) is 0 Å². The molecule has 3 rings (SSSR count). The lowest BCUT2D eigenvalue weighted by atomic mass is 9.82. The monoisotopic (exact) mass is 228 g/mol. The number of hydrogen-bond donors (Lipinski definition) is 0. The molecular formula is C14H16N2O. The molecule has 0 atom stereocenters. The number of Topliss-reactive ketones (excluding diaryl/α,β-unsaturated/α-hetero) is 1. The lowest BCUT2D eigenvalue weighted by Gasteiger charge is -2.23. The SMILES string of the molecule is CC(=O)c1ccc2c(c1)c(C1CCC1)nn2C. The van der Waals surface area contributed by atoms with Crippen molar-refractivity contribution in [3.8, 4) is 0 Å². The summed E-state index contributed by atoms with van der Waals surface area (Å²) >= 11 is 0. The Morgan fingerprint density at radius 3 is 2.76 bits per heavy atom. The van der Waals surface area contributed by atoms with Crippen molar-refractivity contribution in [1.29, 1.82) is 0 Å². The van der Waals surface area contributed by atoms with E-state index >= 15 is 0 Å². The summed E-state index contributed by atoms with van der Waals surface area (Å²) in [5.41, 5.74) is 3.08. The summed E-state index contributed by atoms with van der Waals surface area (Å²) in [6.45, 7) is 1.61. The molecule has 1 saturated carbocycles. The average Bonchev–Trinajstić information content (AvgIpc) is 2.54. The molecule has 0 spiro atoms. The van der Waals surface area contributed by atoms with Gasteiger partial charge in [0.15, 0.2) is 5.78 Å². The largest absolute Gasteiger partial charge is 0.295 e. The molecule has 1 aliphatic rings. The van der Waals surface area contributed by atoms with Crippen LogP contribution < -0.4 is 0 Å². The maximum atomic E-state index is 11.4. The lowest BCUT2D eigenvalue weighted by Crippen LogP contribution is -2.10. The van der Waals surface area contributed by atoms with E-state index in [1.54, 1.807) is 6.92 Å². The van der Waals surface area contributed by atoms with Crippen LogP contribution in [0.5, 0.6) is 0 Å². The molecule has 1 aliphatic carbocycles. The second kappa shape index (κ2) is 3.69. The van der Waals surface area contributed by atoms with E-state index in [1.807, 2.05) is 29.9 Å². The van der Waals surface area contributed by atoms with Crippen LogP contribution in [-0.4, -0.2) is 15.6 Å². The Labute approximate surface area is 100 Å². The summed E-state index contributed by atoms with van der Waals surface area (Å²) in [4.78, 5) is 11.4. The highest BCUT2D eigenvalue weighted by atomic mass is 16.1. The van der Waals surface area contributed by atoms with Gasteiger partial charge in [0, 0.05) is 23.9 Å². The van der Waals surface area contributed by atoms with E-state index in [-0.39, 0.29) is 5.78 Å². The van der Waals surface area contributed by atoms with Gasteiger partial charge in [0.1, 0.15) is 0 Å². The highest BCUT2D eigenvalue weighted by Crippen LogP contribution is 2.39. The fraction of sp³-hybridized carbons (Fsp3) is 0.429. The van der Waals surface area contributed by atoms with Crippen LogP contribution in [0, 0.1) is 0 Å². The predicted octanol–water partition coefficient (Wildman–Crippen LogP) is 3.04. The molecule has 0 amide bonds. The number of aromatic nitrogens is 2. The topological polar surface area (TPSA) is 34.9 Å². The molecule has 2 aromatic rings. The van der Waals surface area contributed by atoms with E-state index < -0.39 is 0 Å². The Balaban J connectivity index is 2.20. The van der Waals surface area contributed by atoms with Crippen molar-refractivity contribution >= 4 is 16.7 Å². The van der Waals surface area contributed by atoms with Crippen LogP contribution in [0.3, 0.4) is 0 Å². The van der Waals surface area contributed by atoms with Crippen molar-refractivity contribution in [2.45, 2.75) is 32.1 Å². The van der Waals surface area contributed by atoms with Crippen LogP contribution >= 0.6 is 0 Å². The van der Waals surface area contributed by atoms with E-state index in [0.29, 0.717) is 5.92 Å². The molecule has 3 heteroatoms. The van der Waals surface area contributed by atoms with E-state index in [0.717, 1.165) is 16.5 Å². The van der Waals surface area contributed by atoms with Crippen LogP contribution in [0.15, 0.2) is 18.2 Å². The lowest BCUT2D eigenvalue weighted by molar-refractivity contribution is 0.101. The Bertz CT molecular complexity index is 594. The number of carbonyl (C=O) groups is 1. The van der Waals surface area contributed by atoms with E-state index in [9.17, 15) is 4.79 Å². The molecule has 3 nitrogen and oxygen atoms in total. The summed E-state index contributed by atoms with van der Waals surface area (Å²) in [6.07, 6.45) is 3.77. The van der Waals surface area contributed by atoms with Crippen molar-refractivity contribution in [1.82, 2.24) is 9.78 Å². The number of fused-ring (bicyclic) bond motifs is 1. The third kappa shape index (κ3) is 1.57. The van der Waals surface area contributed by atoms with Crippen molar-refractivity contribution in [3.05, 3.63) is 29.5 Å². The molecule has 1 heterocycles. The number of benzene rings is 1. The van der Waals surface area contributed by atoms with Gasteiger partial charge < -0.3 is 0 Å². The van der Waals surface area contributed by atoms with Gasteiger partial charge in [0.25, 0.3) is 0 Å². The van der Waals surface area contributed by atoms with Gasteiger partial charge in [-0.15, -0.1) is 0 Å². The van der Waals surface area contributed by atoms with E-state index in [2.05, 4.69) is 5.10 Å². The smallest absolute Gasteiger partial charge is 0.159 e. The van der Waals surface area contributed by atoms with Crippen LogP contribution in [0.1, 0.15) is 48.2 Å². The zero-order valence-electron chi connectivity index (χ0n) is 10.2. The Hall–Kier alpha value is -1.64.